The van der Waals surface area contributed by atoms with Crippen molar-refractivity contribution < 1.29 is 0 Å². The zero-order chi connectivity index (χ0) is 6.85. The predicted octanol–water partition coefficient (Wildman–Crippen LogP) is 1.37. The van der Waals surface area contributed by atoms with E-state index in [9.17, 15) is 0 Å². The van der Waals surface area contributed by atoms with Gasteiger partial charge >= 0.3 is 0 Å². The monoisotopic (exact) mass is 125 g/mol. The Morgan fingerprint density at radius 2 is 2.11 bits per heavy atom. The molecule has 1 aliphatic rings. The molecule has 2 heteroatoms. The Morgan fingerprint density at radius 1 is 1.44 bits per heavy atom. The molecule has 0 saturated carbocycles. The van der Waals surface area contributed by atoms with E-state index in [0.29, 0.717) is 0 Å². The molecule has 0 bridgehead atoms. The summed E-state index contributed by atoms with van der Waals surface area (Å²) in [4.78, 5) is 2.48. The minimum atomic E-state index is 0.845. The van der Waals surface area contributed by atoms with Gasteiger partial charge in [-0.15, -0.1) is 0 Å². The molecule has 0 aromatic carbocycles. The van der Waals surface area contributed by atoms with Crippen LogP contribution in [0.25, 0.3) is 0 Å². The Morgan fingerprint density at radius 3 is 2.33 bits per heavy atom. The van der Waals surface area contributed by atoms with Crippen LogP contribution in [0.5, 0.6) is 0 Å². The van der Waals surface area contributed by atoms with Gasteiger partial charge in [-0.3, -0.25) is 0 Å². The smallest absolute Gasteiger partial charge is 0.154 e. The van der Waals surface area contributed by atoms with E-state index in [1.54, 1.807) is 0 Å². The zero-order valence-electron chi connectivity index (χ0n) is 6.72. The lowest BCUT2D eigenvalue weighted by molar-refractivity contribution is 0.379. The molecule has 0 amide bonds. The summed E-state index contributed by atoms with van der Waals surface area (Å²) in [7, 11) is 2.23. The van der Waals surface area contributed by atoms with Crippen molar-refractivity contribution in [2.75, 3.05) is 13.6 Å². The molecule has 0 aromatic rings. The molecule has 1 heterocycles. The maximum Gasteiger partial charge on any atom is 0.154 e. The lowest BCUT2D eigenvalue weighted by Crippen LogP contribution is -2.35. The molecule has 0 aliphatic carbocycles. The van der Waals surface area contributed by atoms with Gasteiger partial charge in [-0.05, 0) is 32.4 Å². The molecule has 0 spiro atoms. The molecule has 0 aromatic heterocycles. The Hall–Kier alpha value is 0.0249. The number of hydrogen-bond donors (Lipinski definition) is 0. The van der Waals surface area contributed by atoms with Crippen molar-refractivity contribution in [1.29, 1.82) is 0 Å². The standard InChI is InChI=1S/C7H16BN/c1-8(2)7-5-4-6-9(7)3/h7H,4-6H2,1-3H3. The van der Waals surface area contributed by atoms with Crippen LogP contribution < -0.4 is 0 Å². The molecule has 1 saturated heterocycles. The van der Waals surface area contributed by atoms with E-state index >= 15 is 0 Å². The van der Waals surface area contributed by atoms with Gasteiger partial charge in [0.1, 0.15) is 0 Å². The quantitative estimate of drug-likeness (QED) is 0.478. The van der Waals surface area contributed by atoms with E-state index in [2.05, 4.69) is 25.6 Å². The minimum Gasteiger partial charge on any atom is -0.311 e. The Labute approximate surface area is 58.5 Å². The molecule has 9 heavy (non-hydrogen) atoms. The number of likely N-dealkylation sites (tertiary alicyclic amines) is 1. The van der Waals surface area contributed by atoms with Crippen LogP contribution in [0, 0.1) is 0 Å². The van der Waals surface area contributed by atoms with E-state index in [-0.39, 0.29) is 0 Å². The average molecular weight is 125 g/mol. The van der Waals surface area contributed by atoms with Crippen LogP contribution in [0.1, 0.15) is 12.8 Å². The van der Waals surface area contributed by atoms with E-state index in [0.717, 1.165) is 12.7 Å². The Bertz CT molecular complexity index is 92.9. The second kappa shape index (κ2) is 2.74. The highest BCUT2D eigenvalue weighted by Gasteiger charge is 2.24. The lowest BCUT2D eigenvalue weighted by atomic mass is 9.48. The van der Waals surface area contributed by atoms with Gasteiger partial charge in [0, 0.05) is 0 Å². The van der Waals surface area contributed by atoms with Gasteiger partial charge in [0.2, 0.25) is 0 Å². The van der Waals surface area contributed by atoms with Gasteiger partial charge in [0.15, 0.2) is 6.71 Å². The Balaban J connectivity index is 2.40. The molecule has 1 unspecified atom stereocenters. The molecule has 1 atom stereocenters. The highest BCUT2D eigenvalue weighted by atomic mass is 15.1. The first-order chi connectivity index (χ1) is 4.22. The second-order valence-corrected chi connectivity index (χ2v) is 3.43. The van der Waals surface area contributed by atoms with Crippen molar-refractivity contribution in [1.82, 2.24) is 4.90 Å². The van der Waals surface area contributed by atoms with Crippen molar-refractivity contribution in [3.8, 4) is 0 Å². The SMILES string of the molecule is CB(C)C1CCCN1C. The third-order valence-corrected chi connectivity index (χ3v) is 2.35. The maximum atomic E-state index is 2.48. The topological polar surface area (TPSA) is 3.24 Å². The molecule has 1 fully saturated rings. The number of hydrogen-bond acceptors (Lipinski definition) is 1. The number of rotatable bonds is 1. The van der Waals surface area contributed by atoms with Gasteiger partial charge in [-0.2, -0.15) is 0 Å². The van der Waals surface area contributed by atoms with Crippen LogP contribution in [0.2, 0.25) is 13.6 Å². The molecule has 1 aliphatic heterocycles. The highest BCUT2D eigenvalue weighted by molar-refractivity contribution is 6.57. The summed E-state index contributed by atoms with van der Waals surface area (Å²) < 4.78 is 0. The summed E-state index contributed by atoms with van der Waals surface area (Å²) in [6.45, 7) is 6.78. The third-order valence-electron chi connectivity index (χ3n) is 2.35. The minimum absolute atomic E-state index is 0.845. The van der Waals surface area contributed by atoms with Crippen LogP contribution in [0.3, 0.4) is 0 Å². The fourth-order valence-corrected chi connectivity index (χ4v) is 1.78. The summed E-state index contributed by atoms with van der Waals surface area (Å²) >= 11 is 0. The maximum absolute atomic E-state index is 2.48. The number of nitrogens with zero attached hydrogens (tertiary/aromatic N) is 1. The van der Waals surface area contributed by atoms with Crippen molar-refractivity contribution in [2.45, 2.75) is 32.4 Å². The Kier molecular flexibility index (Phi) is 2.17. The summed E-state index contributed by atoms with van der Waals surface area (Å²) in [5.74, 6) is 0.866. The molecular weight excluding hydrogens is 109 g/mol. The van der Waals surface area contributed by atoms with Gasteiger partial charge < -0.3 is 4.90 Å². The van der Waals surface area contributed by atoms with E-state index in [1.807, 2.05) is 0 Å². The fourth-order valence-electron chi connectivity index (χ4n) is 1.78. The zero-order valence-corrected chi connectivity index (χ0v) is 6.72. The predicted molar refractivity (Wildman–Crippen MR) is 43.1 cm³/mol. The van der Waals surface area contributed by atoms with Gasteiger partial charge in [0.25, 0.3) is 0 Å². The summed E-state index contributed by atoms with van der Waals surface area (Å²) in [6.07, 6.45) is 2.81. The van der Waals surface area contributed by atoms with E-state index in [4.69, 9.17) is 0 Å². The highest BCUT2D eigenvalue weighted by Crippen LogP contribution is 2.16. The van der Waals surface area contributed by atoms with Crippen LogP contribution in [0.15, 0.2) is 0 Å². The molecule has 1 nitrogen and oxygen atoms in total. The average Bonchev–Trinajstić information content (AvgIpc) is 2.13. The molecule has 1 rings (SSSR count). The summed E-state index contributed by atoms with van der Waals surface area (Å²) in [6, 6.07) is 0. The summed E-state index contributed by atoms with van der Waals surface area (Å²) in [5, 5.41) is 0. The van der Waals surface area contributed by atoms with Crippen LogP contribution in [0.4, 0.5) is 0 Å². The van der Waals surface area contributed by atoms with Crippen LogP contribution >= 0.6 is 0 Å². The van der Waals surface area contributed by atoms with E-state index in [1.165, 1.54) is 19.4 Å². The lowest BCUT2D eigenvalue weighted by Gasteiger charge is -2.20. The fraction of sp³-hybridized carbons (Fsp3) is 1.00. The molecule has 0 radical (unpaired) electrons. The van der Waals surface area contributed by atoms with Crippen molar-refractivity contribution in [3.05, 3.63) is 0 Å². The summed E-state index contributed by atoms with van der Waals surface area (Å²) in [5.41, 5.74) is 0. The van der Waals surface area contributed by atoms with Crippen molar-refractivity contribution >= 4 is 6.71 Å². The first-order valence-electron chi connectivity index (χ1n) is 3.92. The van der Waals surface area contributed by atoms with Gasteiger partial charge in [-0.1, -0.05) is 13.6 Å². The second-order valence-electron chi connectivity index (χ2n) is 3.43. The van der Waals surface area contributed by atoms with Crippen LogP contribution in [-0.4, -0.2) is 31.1 Å². The molecule has 52 valence electrons. The molecule has 0 N–H and O–H groups in total. The largest absolute Gasteiger partial charge is 0.311 e. The first kappa shape index (κ1) is 7.14. The van der Waals surface area contributed by atoms with Crippen molar-refractivity contribution in [2.24, 2.45) is 0 Å². The van der Waals surface area contributed by atoms with Gasteiger partial charge in [0.05, 0.1) is 0 Å². The first-order valence-corrected chi connectivity index (χ1v) is 3.92. The normalized spacial score (nSPS) is 29.0. The van der Waals surface area contributed by atoms with Crippen LogP contribution in [-0.2, 0) is 0 Å². The van der Waals surface area contributed by atoms with E-state index < -0.39 is 0 Å². The third kappa shape index (κ3) is 1.48. The van der Waals surface area contributed by atoms with Gasteiger partial charge in [-0.25, -0.2) is 0 Å². The van der Waals surface area contributed by atoms with Crippen molar-refractivity contribution in [3.63, 3.8) is 0 Å². The molecular formula is C7H16BN.